The van der Waals surface area contributed by atoms with Crippen LogP contribution in [0, 0.1) is 0 Å². The van der Waals surface area contributed by atoms with Crippen LogP contribution in [0.25, 0.3) is 22.2 Å². The molecule has 4 heteroatoms. The van der Waals surface area contributed by atoms with Crippen LogP contribution in [-0.2, 0) is 20.5 Å². The molecule has 2 heterocycles. The highest BCUT2D eigenvalue weighted by atomic mass is 15.3. The molecule has 0 aliphatic carbocycles. The molecule has 4 nitrogen and oxygen atoms in total. The molecular weight excluding hydrogens is 236 g/mol. The van der Waals surface area contributed by atoms with Crippen LogP contribution in [-0.4, -0.2) is 20.9 Å². The number of para-hydroxylation sites is 1. The predicted octanol–water partition coefficient (Wildman–Crippen LogP) is 2.08. The third-order valence-corrected chi connectivity index (χ3v) is 3.50. The van der Waals surface area contributed by atoms with E-state index in [0.29, 0.717) is 6.54 Å². The highest BCUT2D eigenvalue weighted by molar-refractivity contribution is 5.95. The van der Waals surface area contributed by atoms with Gasteiger partial charge < -0.3 is 10.3 Å². The summed E-state index contributed by atoms with van der Waals surface area (Å²) in [6, 6.07) is 10.6. The molecule has 0 atom stereocenters. The van der Waals surface area contributed by atoms with Crippen LogP contribution < -0.4 is 5.73 Å². The lowest BCUT2D eigenvalue weighted by atomic mass is 10.1. The van der Waals surface area contributed by atoms with Crippen LogP contribution in [0.1, 0.15) is 5.69 Å². The lowest BCUT2D eigenvalue weighted by Gasteiger charge is -1.99. The number of rotatable bonds is 3. The van der Waals surface area contributed by atoms with Crippen molar-refractivity contribution in [3.63, 3.8) is 0 Å². The molecule has 2 aromatic heterocycles. The number of fused-ring (bicyclic) bond motifs is 1. The van der Waals surface area contributed by atoms with Gasteiger partial charge in [-0.1, -0.05) is 18.2 Å². The van der Waals surface area contributed by atoms with E-state index in [1.165, 1.54) is 16.5 Å². The Hall–Kier alpha value is -2.07. The van der Waals surface area contributed by atoms with E-state index in [1.807, 2.05) is 11.7 Å². The van der Waals surface area contributed by atoms with E-state index < -0.39 is 0 Å². The van der Waals surface area contributed by atoms with E-state index in [1.54, 1.807) is 0 Å². The molecule has 0 radical (unpaired) electrons. The molecule has 98 valence electrons. The Kier molecular flexibility index (Phi) is 2.87. The van der Waals surface area contributed by atoms with Crippen LogP contribution in [0.5, 0.6) is 0 Å². The quantitative estimate of drug-likeness (QED) is 0.778. The Morgan fingerprint density at radius 1 is 1.21 bits per heavy atom. The second kappa shape index (κ2) is 4.55. The molecular formula is C15H18N4. The molecule has 19 heavy (non-hydrogen) atoms. The Bertz CT molecular complexity index is 721. The minimum absolute atomic E-state index is 0.631. The third kappa shape index (κ3) is 1.94. The summed E-state index contributed by atoms with van der Waals surface area (Å²) < 4.78 is 4.09. The lowest BCUT2D eigenvalue weighted by molar-refractivity contribution is 0.745. The summed E-state index contributed by atoms with van der Waals surface area (Å²) in [6.45, 7) is 0.631. The van der Waals surface area contributed by atoms with E-state index in [9.17, 15) is 0 Å². The van der Waals surface area contributed by atoms with Gasteiger partial charge in [-0.2, -0.15) is 5.10 Å². The van der Waals surface area contributed by atoms with Gasteiger partial charge in [0.2, 0.25) is 0 Å². The Morgan fingerprint density at radius 2 is 2.00 bits per heavy atom. The van der Waals surface area contributed by atoms with E-state index in [0.717, 1.165) is 17.8 Å². The van der Waals surface area contributed by atoms with Crippen molar-refractivity contribution in [1.82, 2.24) is 14.3 Å². The average molecular weight is 254 g/mol. The highest BCUT2D eigenvalue weighted by Gasteiger charge is 2.12. The number of nitrogens with zero attached hydrogens (tertiary/aromatic N) is 3. The van der Waals surface area contributed by atoms with Gasteiger partial charge in [-0.3, -0.25) is 4.68 Å². The van der Waals surface area contributed by atoms with Crippen LogP contribution in [0.15, 0.2) is 36.5 Å². The minimum Gasteiger partial charge on any atom is -0.350 e. The molecule has 0 aliphatic rings. The smallest absolute Gasteiger partial charge is 0.0703 e. The maximum atomic E-state index is 5.60. The Balaban J connectivity index is 2.19. The average Bonchev–Trinajstić information content (AvgIpc) is 2.92. The molecule has 1 aromatic carbocycles. The normalized spacial score (nSPS) is 11.3. The first-order valence-electron chi connectivity index (χ1n) is 6.48. The molecule has 0 unspecified atom stereocenters. The van der Waals surface area contributed by atoms with Gasteiger partial charge in [0.1, 0.15) is 0 Å². The van der Waals surface area contributed by atoms with E-state index in [4.69, 9.17) is 5.73 Å². The fourth-order valence-electron chi connectivity index (χ4n) is 2.59. The van der Waals surface area contributed by atoms with Crippen molar-refractivity contribution in [2.75, 3.05) is 6.54 Å². The third-order valence-electron chi connectivity index (χ3n) is 3.50. The largest absolute Gasteiger partial charge is 0.350 e. The standard InChI is InChI=1S/C15H18N4/c1-18-10-13(12-5-3-4-6-14(12)18)15-9-11(7-8-16)17-19(15)2/h3-6,9-10H,7-8,16H2,1-2H3. The lowest BCUT2D eigenvalue weighted by Crippen LogP contribution is -2.03. The number of aromatic nitrogens is 3. The van der Waals surface area contributed by atoms with Crippen LogP contribution in [0.4, 0.5) is 0 Å². The van der Waals surface area contributed by atoms with Crippen LogP contribution in [0.2, 0.25) is 0 Å². The maximum Gasteiger partial charge on any atom is 0.0703 e. The van der Waals surface area contributed by atoms with E-state index in [-0.39, 0.29) is 0 Å². The SMILES string of the molecule is Cn1nc(CCN)cc1-c1cn(C)c2ccccc12. The van der Waals surface area contributed by atoms with Crippen molar-refractivity contribution in [1.29, 1.82) is 0 Å². The summed E-state index contributed by atoms with van der Waals surface area (Å²) in [4.78, 5) is 0. The summed E-state index contributed by atoms with van der Waals surface area (Å²) in [5.41, 5.74) is 10.2. The zero-order chi connectivity index (χ0) is 13.4. The summed E-state index contributed by atoms with van der Waals surface area (Å²) in [6.07, 6.45) is 2.98. The molecule has 2 N–H and O–H groups in total. The summed E-state index contributed by atoms with van der Waals surface area (Å²) in [5, 5.41) is 5.78. The zero-order valence-corrected chi connectivity index (χ0v) is 11.3. The molecule has 0 saturated carbocycles. The van der Waals surface area contributed by atoms with Gasteiger partial charge in [-0.05, 0) is 18.7 Å². The second-order valence-corrected chi connectivity index (χ2v) is 4.85. The topological polar surface area (TPSA) is 48.8 Å². The number of aryl methyl sites for hydroxylation is 2. The molecule has 3 rings (SSSR count). The number of benzene rings is 1. The summed E-state index contributed by atoms with van der Waals surface area (Å²) in [5.74, 6) is 0. The van der Waals surface area contributed by atoms with Gasteiger partial charge in [0.15, 0.2) is 0 Å². The summed E-state index contributed by atoms with van der Waals surface area (Å²) in [7, 11) is 4.06. The molecule has 0 fully saturated rings. The molecule has 0 spiro atoms. The Morgan fingerprint density at radius 3 is 2.79 bits per heavy atom. The molecule has 0 amide bonds. The number of nitrogens with two attached hydrogens (primary N) is 1. The van der Waals surface area contributed by atoms with Crippen LogP contribution in [0.3, 0.4) is 0 Å². The van der Waals surface area contributed by atoms with Crippen molar-refractivity contribution in [2.45, 2.75) is 6.42 Å². The van der Waals surface area contributed by atoms with Gasteiger partial charge in [0, 0.05) is 43.2 Å². The number of hydrogen-bond acceptors (Lipinski definition) is 2. The maximum absolute atomic E-state index is 5.60. The van der Waals surface area contributed by atoms with Crippen molar-refractivity contribution < 1.29 is 0 Å². The summed E-state index contributed by atoms with van der Waals surface area (Å²) >= 11 is 0. The first-order valence-corrected chi connectivity index (χ1v) is 6.48. The molecule has 0 saturated heterocycles. The van der Waals surface area contributed by atoms with Gasteiger partial charge >= 0.3 is 0 Å². The van der Waals surface area contributed by atoms with Gasteiger partial charge in [-0.25, -0.2) is 0 Å². The van der Waals surface area contributed by atoms with Crippen molar-refractivity contribution in [2.24, 2.45) is 19.8 Å². The monoisotopic (exact) mass is 254 g/mol. The second-order valence-electron chi connectivity index (χ2n) is 4.85. The Labute approximate surface area is 112 Å². The van der Waals surface area contributed by atoms with Crippen molar-refractivity contribution >= 4 is 10.9 Å². The van der Waals surface area contributed by atoms with Gasteiger partial charge in [0.05, 0.1) is 11.4 Å². The van der Waals surface area contributed by atoms with E-state index >= 15 is 0 Å². The van der Waals surface area contributed by atoms with Gasteiger partial charge in [-0.15, -0.1) is 0 Å². The number of hydrogen-bond donors (Lipinski definition) is 1. The van der Waals surface area contributed by atoms with E-state index in [2.05, 4.69) is 53.2 Å². The molecule has 0 aliphatic heterocycles. The minimum atomic E-state index is 0.631. The van der Waals surface area contributed by atoms with Crippen LogP contribution >= 0.6 is 0 Å². The first-order chi connectivity index (χ1) is 9.20. The predicted molar refractivity (Wildman–Crippen MR) is 77.9 cm³/mol. The van der Waals surface area contributed by atoms with Crippen molar-refractivity contribution in [3.8, 4) is 11.3 Å². The molecule has 3 aromatic rings. The van der Waals surface area contributed by atoms with Crippen molar-refractivity contribution in [3.05, 3.63) is 42.2 Å². The fourth-order valence-corrected chi connectivity index (χ4v) is 2.59. The zero-order valence-electron chi connectivity index (χ0n) is 11.3. The fraction of sp³-hybridized carbons (Fsp3) is 0.267. The van der Waals surface area contributed by atoms with Gasteiger partial charge in [0.25, 0.3) is 0 Å². The first kappa shape index (κ1) is 12.0. The molecule has 0 bridgehead atoms. The highest BCUT2D eigenvalue weighted by Crippen LogP contribution is 2.30.